The number of aryl methyl sites for hydroxylation is 1. The molecular weight excluding hydrogens is 257 g/mol. The third-order valence-corrected chi connectivity index (χ3v) is 3.47. The number of halogens is 2. The van der Waals surface area contributed by atoms with E-state index >= 15 is 0 Å². The van der Waals surface area contributed by atoms with Crippen LogP contribution in [0, 0.1) is 11.3 Å². The van der Waals surface area contributed by atoms with Crippen molar-refractivity contribution in [3.05, 3.63) is 28.3 Å². The van der Waals surface area contributed by atoms with Crippen LogP contribution in [0.3, 0.4) is 0 Å². The smallest absolute Gasteiger partial charge is 0.207 e. The molecule has 0 spiro atoms. The molecule has 0 N–H and O–H groups in total. The van der Waals surface area contributed by atoms with Crippen molar-refractivity contribution in [1.29, 1.82) is 5.26 Å². The molecule has 0 aliphatic carbocycles. The molecule has 0 aromatic heterocycles. The molecule has 15 heavy (non-hydrogen) atoms. The summed E-state index contributed by atoms with van der Waals surface area (Å²) in [5.41, 5.74) is 0.640. The summed E-state index contributed by atoms with van der Waals surface area (Å²) in [7, 11) is 1.27. The molecule has 0 fully saturated rings. The third-order valence-electron chi connectivity index (χ3n) is 1.90. The molecule has 0 amide bonds. The summed E-state index contributed by atoms with van der Waals surface area (Å²) < 4.78 is 22.4. The first-order valence-electron chi connectivity index (χ1n) is 4.07. The molecule has 1 aromatic carbocycles. The molecule has 0 saturated heterocycles. The molecular formula is C9H7Cl2NO2S. The minimum atomic E-state index is -3.94. The Balaban J connectivity index is 3.66. The first kappa shape index (κ1) is 12.3. The molecule has 1 aromatic rings. The second-order valence-electron chi connectivity index (χ2n) is 2.84. The van der Waals surface area contributed by atoms with Gasteiger partial charge in [-0.25, -0.2) is 8.42 Å². The zero-order valence-electron chi connectivity index (χ0n) is 7.79. The van der Waals surface area contributed by atoms with E-state index in [-0.39, 0.29) is 15.5 Å². The normalized spacial score (nSPS) is 11.1. The van der Waals surface area contributed by atoms with Crippen LogP contribution < -0.4 is 0 Å². The molecule has 0 aliphatic heterocycles. The topological polar surface area (TPSA) is 57.9 Å². The van der Waals surface area contributed by atoms with E-state index in [4.69, 9.17) is 27.5 Å². The van der Waals surface area contributed by atoms with Gasteiger partial charge in [-0.3, -0.25) is 0 Å². The monoisotopic (exact) mass is 263 g/mol. The van der Waals surface area contributed by atoms with Gasteiger partial charge in [0.05, 0.1) is 5.56 Å². The van der Waals surface area contributed by atoms with Crippen LogP contribution in [0.5, 0.6) is 0 Å². The molecule has 0 atom stereocenters. The summed E-state index contributed by atoms with van der Waals surface area (Å²) in [6.45, 7) is 1.80. The van der Waals surface area contributed by atoms with Gasteiger partial charge in [-0.15, -0.1) is 0 Å². The molecule has 0 unspecified atom stereocenters. The predicted molar refractivity (Wildman–Crippen MR) is 58.6 cm³/mol. The maximum atomic E-state index is 11.2. The van der Waals surface area contributed by atoms with Gasteiger partial charge in [0.2, 0.25) is 0 Å². The van der Waals surface area contributed by atoms with E-state index < -0.39 is 9.05 Å². The fourth-order valence-corrected chi connectivity index (χ4v) is 2.59. The minimum Gasteiger partial charge on any atom is -0.207 e. The van der Waals surface area contributed by atoms with E-state index in [1.807, 2.05) is 6.07 Å². The summed E-state index contributed by atoms with van der Waals surface area (Å²) in [5.74, 6) is 0. The Hall–Kier alpha value is -0.760. The van der Waals surface area contributed by atoms with Crippen molar-refractivity contribution in [2.45, 2.75) is 18.2 Å². The van der Waals surface area contributed by atoms with Crippen molar-refractivity contribution in [3.63, 3.8) is 0 Å². The van der Waals surface area contributed by atoms with Crippen molar-refractivity contribution in [2.24, 2.45) is 0 Å². The molecule has 0 saturated carbocycles. The summed E-state index contributed by atoms with van der Waals surface area (Å²) >= 11 is 5.73. The average molecular weight is 264 g/mol. The average Bonchev–Trinajstić information content (AvgIpc) is 2.15. The van der Waals surface area contributed by atoms with Gasteiger partial charge >= 0.3 is 0 Å². The molecule has 0 radical (unpaired) electrons. The van der Waals surface area contributed by atoms with Crippen LogP contribution in [-0.4, -0.2) is 8.42 Å². The second kappa shape index (κ2) is 4.40. The number of hydrogen-bond acceptors (Lipinski definition) is 3. The Morgan fingerprint density at radius 2 is 2.07 bits per heavy atom. The molecule has 0 bridgehead atoms. The van der Waals surface area contributed by atoms with E-state index in [0.717, 1.165) is 0 Å². The molecule has 0 aliphatic rings. The Kier molecular flexibility index (Phi) is 3.61. The molecule has 3 nitrogen and oxygen atoms in total. The number of benzene rings is 1. The van der Waals surface area contributed by atoms with Gasteiger partial charge in [0.25, 0.3) is 9.05 Å². The Morgan fingerprint density at radius 3 is 2.47 bits per heavy atom. The van der Waals surface area contributed by atoms with Gasteiger partial charge < -0.3 is 0 Å². The van der Waals surface area contributed by atoms with Crippen LogP contribution in [0.1, 0.15) is 18.1 Å². The zero-order valence-corrected chi connectivity index (χ0v) is 10.1. The van der Waals surface area contributed by atoms with Crippen molar-refractivity contribution < 1.29 is 8.42 Å². The van der Waals surface area contributed by atoms with Gasteiger partial charge in [0.1, 0.15) is 11.0 Å². The van der Waals surface area contributed by atoms with Gasteiger partial charge in [-0.2, -0.15) is 5.26 Å². The summed E-state index contributed by atoms with van der Waals surface area (Å²) in [6, 6.07) is 4.57. The zero-order chi connectivity index (χ0) is 11.6. The van der Waals surface area contributed by atoms with Crippen LogP contribution in [0.2, 0.25) is 5.02 Å². The standard InChI is InChI=1S/C9H7Cl2NO2S/c1-2-6-3-7(10)4-9(8(6)5-12)15(11,13)14/h3-4H,2H2,1H3. The van der Waals surface area contributed by atoms with E-state index in [2.05, 4.69) is 0 Å². The molecule has 6 heteroatoms. The minimum absolute atomic E-state index is 0.0666. The highest BCUT2D eigenvalue weighted by molar-refractivity contribution is 8.13. The lowest BCUT2D eigenvalue weighted by Crippen LogP contribution is -1.99. The lowest BCUT2D eigenvalue weighted by molar-refractivity contribution is 0.609. The van der Waals surface area contributed by atoms with Crippen LogP contribution in [-0.2, 0) is 15.5 Å². The summed E-state index contributed by atoms with van der Waals surface area (Å²) in [6.07, 6.45) is 0.517. The summed E-state index contributed by atoms with van der Waals surface area (Å²) in [4.78, 5) is -0.226. The van der Waals surface area contributed by atoms with E-state index in [1.54, 1.807) is 13.0 Å². The molecule has 0 heterocycles. The predicted octanol–water partition coefficient (Wildman–Crippen LogP) is 2.70. The highest BCUT2D eigenvalue weighted by Gasteiger charge is 2.19. The fraction of sp³-hybridized carbons (Fsp3) is 0.222. The first-order chi connectivity index (χ1) is 6.90. The van der Waals surface area contributed by atoms with Crippen LogP contribution in [0.25, 0.3) is 0 Å². The maximum Gasteiger partial charge on any atom is 0.262 e. The van der Waals surface area contributed by atoms with Gasteiger partial charge in [-0.05, 0) is 24.1 Å². The summed E-state index contributed by atoms with van der Waals surface area (Å²) in [5, 5.41) is 9.12. The largest absolute Gasteiger partial charge is 0.262 e. The van der Waals surface area contributed by atoms with E-state index in [1.165, 1.54) is 6.07 Å². The van der Waals surface area contributed by atoms with E-state index in [9.17, 15) is 8.42 Å². The van der Waals surface area contributed by atoms with E-state index in [0.29, 0.717) is 12.0 Å². The Morgan fingerprint density at radius 1 is 1.47 bits per heavy atom. The van der Waals surface area contributed by atoms with Crippen molar-refractivity contribution in [3.8, 4) is 6.07 Å². The number of rotatable bonds is 2. The van der Waals surface area contributed by atoms with Gasteiger partial charge in [-0.1, -0.05) is 18.5 Å². The number of nitriles is 1. The lowest BCUT2D eigenvalue weighted by Gasteiger charge is -2.06. The first-order valence-corrected chi connectivity index (χ1v) is 6.76. The quantitative estimate of drug-likeness (QED) is 0.771. The second-order valence-corrected chi connectivity index (χ2v) is 5.81. The lowest BCUT2D eigenvalue weighted by atomic mass is 10.1. The van der Waals surface area contributed by atoms with Crippen LogP contribution >= 0.6 is 22.3 Å². The third kappa shape index (κ3) is 2.63. The van der Waals surface area contributed by atoms with Gasteiger partial charge in [0, 0.05) is 15.7 Å². The fourth-order valence-electron chi connectivity index (χ4n) is 1.23. The maximum absolute atomic E-state index is 11.2. The molecule has 1 rings (SSSR count). The van der Waals surface area contributed by atoms with Crippen molar-refractivity contribution in [2.75, 3.05) is 0 Å². The van der Waals surface area contributed by atoms with Crippen molar-refractivity contribution >= 4 is 31.3 Å². The van der Waals surface area contributed by atoms with Crippen LogP contribution in [0.15, 0.2) is 17.0 Å². The highest BCUT2D eigenvalue weighted by Crippen LogP contribution is 2.27. The SMILES string of the molecule is CCc1cc(Cl)cc(S(=O)(=O)Cl)c1C#N. The van der Waals surface area contributed by atoms with Crippen LogP contribution in [0.4, 0.5) is 0 Å². The Labute approximate surface area is 97.7 Å². The Bertz CT molecular complexity index is 532. The molecule has 80 valence electrons. The van der Waals surface area contributed by atoms with Gasteiger partial charge in [0.15, 0.2) is 0 Å². The number of hydrogen-bond donors (Lipinski definition) is 0. The highest BCUT2D eigenvalue weighted by atomic mass is 35.7. The number of nitrogens with zero attached hydrogens (tertiary/aromatic N) is 1. The van der Waals surface area contributed by atoms with Crippen molar-refractivity contribution in [1.82, 2.24) is 0 Å².